The summed E-state index contributed by atoms with van der Waals surface area (Å²) < 4.78 is 27.7. The quantitative estimate of drug-likeness (QED) is 0.878. The number of carbonyl (C=O) groups excluding carboxylic acids is 1. The van der Waals surface area contributed by atoms with Crippen LogP contribution < -0.4 is 5.14 Å². The fourth-order valence-electron chi connectivity index (χ4n) is 1.80. The van der Waals surface area contributed by atoms with E-state index in [1.807, 2.05) is 6.07 Å². The second-order valence-corrected chi connectivity index (χ2v) is 6.09. The molecule has 0 aliphatic rings. The zero-order chi connectivity index (χ0) is 15.5. The van der Waals surface area contributed by atoms with Crippen molar-refractivity contribution in [3.63, 3.8) is 0 Å². The number of carbonyl (C=O) groups is 1. The molecule has 0 saturated heterocycles. The lowest BCUT2D eigenvalue weighted by atomic mass is 10.1. The highest BCUT2D eigenvalue weighted by atomic mass is 32.2. The molecule has 110 valence electrons. The highest BCUT2D eigenvalue weighted by Crippen LogP contribution is 2.20. The Kier molecular flexibility index (Phi) is 4.40. The average molecular weight is 305 g/mol. The summed E-state index contributed by atoms with van der Waals surface area (Å²) in [6.07, 6.45) is -0.493. The van der Waals surface area contributed by atoms with Crippen LogP contribution in [0.5, 0.6) is 0 Å². The monoisotopic (exact) mass is 305 g/mol. The fourth-order valence-corrected chi connectivity index (χ4v) is 2.31. The number of primary sulfonamides is 1. The van der Waals surface area contributed by atoms with Gasteiger partial charge in [0.25, 0.3) is 0 Å². The van der Waals surface area contributed by atoms with Gasteiger partial charge in [-0.15, -0.1) is 0 Å². The maximum Gasteiger partial charge on any atom is 0.338 e. The third-order valence-electron chi connectivity index (χ3n) is 2.97. The molecule has 0 aliphatic carbocycles. The van der Waals surface area contributed by atoms with Gasteiger partial charge in [-0.05, 0) is 36.8 Å². The first-order chi connectivity index (χ1) is 9.88. The van der Waals surface area contributed by atoms with Gasteiger partial charge in [0, 0.05) is 0 Å². The van der Waals surface area contributed by atoms with Gasteiger partial charge in [0.15, 0.2) is 0 Å². The molecule has 0 fully saturated rings. The number of benzene rings is 2. The first-order valence-electron chi connectivity index (χ1n) is 6.27. The van der Waals surface area contributed by atoms with Crippen LogP contribution in [0.3, 0.4) is 0 Å². The van der Waals surface area contributed by atoms with Crippen LogP contribution in [0, 0.1) is 0 Å². The summed E-state index contributed by atoms with van der Waals surface area (Å²) in [5, 5.41) is 5.03. The summed E-state index contributed by atoms with van der Waals surface area (Å²) in [6.45, 7) is 1.72. The molecule has 0 radical (unpaired) electrons. The van der Waals surface area contributed by atoms with Crippen molar-refractivity contribution in [1.82, 2.24) is 0 Å². The SMILES string of the molecule is CC(OC(=O)c1ccccc1)c1ccc(S(N)(=O)=O)cc1. The topological polar surface area (TPSA) is 86.5 Å². The fraction of sp³-hybridized carbons (Fsp3) is 0.133. The third kappa shape index (κ3) is 3.90. The lowest BCUT2D eigenvalue weighted by Gasteiger charge is -2.14. The van der Waals surface area contributed by atoms with Crippen molar-refractivity contribution in [3.8, 4) is 0 Å². The van der Waals surface area contributed by atoms with E-state index in [0.29, 0.717) is 11.1 Å². The predicted molar refractivity (Wildman–Crippen MR) is 78.1 cm³/mol. The minimum absolute atomic E-state index is 0.0211. The van der Waals surface area contributed by atoms with Crippen molar-refractivity contribution in [2.75, 3.05) is 0 Å². The number of hydrogen-bond acceptors (Lipinski definition) is 4. The number of rotatable bonds is 4. The smallest absolute Gasteiger partial charge is 0.338 e. The molecule has 0 amide bonds. The average Bonchev–Trinajstić information content (AvgIpc) is 2.47. The Morgan fingerprint density at radius 1 is 1.05 bits per heavy atom. The summed E-state index contributed by atoms with van der Waals surface area (Å²) in [4.78, 5) is 11.9. The second-order valence-electron chi connectivity index (χ2n) is 4.53. The zero-order valence-electron chi connectivity index (χ0n) is 11.4. The molecule has 0 spiro atoms. The Bertz CT molecular complexity index is 724. The molecule has 6 heteroatoms. The first kappa shape index (κ1) is 15.2. The standard InChI is InChI=1S/C15H15NO4S/c1-11(20-15(17)13-5-3-2-4-6-13)12-7-9-14(10-8-12)21(16,18)19/h2-11H,1H3,(H2,16,18,19). The van der Waals surface area contributed by atoms with Crippen molar-refractivity contribution in [1.29, 1.82) is 0 Å². The summed E-state index contributed by atoms with van der Waals surface area (Å²) >= 11 is 0. The van der Waals surface area contributed by atoms with Crippen molar-refractivity contribution < 1.29 is 17.9 Å². The van der Waals surface area contributed by atoms with Gasteiger partial charge in [0.05, 0.1) is 10.5 Å². The van der Waals surface area contributed by atoms with Crippen LogP contribution >= 0.6 is 0 Å². The van der Waals surface area contributed by atoms with E-state index in [2.05, 4.69) is 0 Å². The lowest BCUT2D eigenvalue weighted by Crippen LogP contribution is -2.13. The number of nitrogens with two attached hydrogens (primary N) is 1. The molecule has 0 bridgehead atoms. The van der Waals surface area contributed by atoms with Crippen LogP contribution in [0.15, 0.2) is 59.5 Å². The molecule has 0 saturated carbocycles. The summed E-state index contributed by atoms with van der Waals surface area (Å²) in [6, 6.07) is 14.6. The Balaban J connectivity index is 2.10. The van der Waals surface area contributed by atoms with Crippen LogP contribution in [0.1, 0.15) is 28.9 Å². The van der Waals surface area contributed by atoms with Crippen molar-refractivity contribution >= 4 is 16.0 Å². The second kappa shape index (κ2) is 6.07. The molecule has 0 heterocycles. The molecule has 2 N–H and O–H groups in total. The number of esters is 1. The maximum atomic E-state index is 11.9. The van der Waals surface area contributed by atoms with E-state index in [1.54, 1.807) is 43.3 Å². The van der Waals surface area contributed by atoms with Crippen molar-refractivity contribution in [2.24, 2.45) is 5.14 Å². The third-order valence-corrected chi connectivity index (χ3v) is 3.90. The van der Waals surface area contributed by atoms with E-state index >= 15 is 0 Å². The van der Waals surface area contributed by atoms with Crippen LogP contribution in [0.2, 0.25) is 0 Å². The Hall–Kier alpha value is -2.18. The van der Waals surface area contributed by atoms with Gasteiger partial charge in [-0.25, -0.2) is 18.4 Å². The van der Waals surface area contributed by atoms with Crippen LogP contribution in [-0.2, 0) is 14.8 Å². The number of hydrogen-bond donors (Lipinski definition) is 1. The van der Waals surface area contributed by atoms with Gasteiger partial charge >= 0.3 is 5.97 Å². The van der Waals surface area contributed by atoms with Crippen molar-refractivity contribution in [3.05, 3.63) is 65.7 Å². The molecule has 2 aromatic carbocycles. The maximum absolute atomic E-state index is 11.9. The van der Waals surface area contributed by atoms with E-state index in [1.165, 1.54) is 12.1 Å². The van der Waals surface area contributed by atoms with E-state index in [-0.39, 0.29) is 4.90 Å². The zero-order valence-corrected chi connectivity index (χ0v) is 12.2. The van der Waals surface area contributed by atoms with Crippen LogP contribution in [0.25, 0.3) is 0 Å². The summed E-state index contributed by atoms with van der Waals surface area (Å²) in [5.74, 6) is -0.432. The van der Waals surface area contributed by atoms with Gasteiger partial charge in [0.1, 0.15) is 6.10 Å². The molecular formula is C15H15NO4S. The van der Waals surface area contributed by atoms with E-state index in [0.717, 1.165) is 0 Å². The molecule has 1 unspecified atom stereocenters. The highest BCUT2D eigenvalue weighted by Gasteiger charge is 2.14. The Morgan fingerprint density at radius 2 is 1.62 bits per heavy atom. The van der Waals surface area contributed by atoms with E-state index < -0.39 is 22.1 Å². The molecule has 2 rings (SSSR count). The number of ether oxygens (including phenoxy) is 1. The molecule has 21 heavy (non-hydrogen) atoms. The first-order valence-corrected chi connectivity index (χ1v) is 7.81. The summed E-state index contributed by atoms with van der Waals surface area (Å²) in [7, 11) is -3.72. The lowest BCUT2D eigenvalue weighted by molar-refractivity contribution is 0.0337. The normalized spacial score (nSPS) is 12.7. The van der Waals surface area contributed by atoms with Gasteiger partial charge in [0.2, 0.25) is 10.0 Å². The Morgan fingerprint density at radius 3 is 2.14 bits per heavy atom. The minimum Gasteiger partial charge on any atom is -0.454 e. The van der Waals surface area contributed by atoms with Gasteiger partial charge in [-0.3, -0.25) is 0 Å². The van der Waals surface area contributed by atoms with E-state index in [4.69, 9.17) is 9.88 Å². The van der Waals surface area contributed by atoms with Crippen molar-refractivity contribution in [2.45, 2.75) is 17.9 Å². The molecule has 1 atom stereocenters. The Labute approximate surface area is 123 Å². The van der Waals surface area contributed by atoms with Crippen LogP contribution in [-0.4, -0.2) is 14.4 Å². The minimum atomic E-state index is -3.72. The van der Waals surface area contributed by atoms with Gasteiger partial charge in [-0.2, -0.15) is 0 Å². The molecular weight excluding hydrogens is 290 g/mol. The van der Waals surface area contributed by atoms with Gasteiger partial charge in [-0.1, -0.05) is 30.3 Å². The van der Waals surface area contributed by atoms with E-state index in [9.17, 15) is 13.2 Å². The molecule has 5 nitrogen and oxygen atoms in total. The highest BCUT2D eigenvalue weighted by molar-refractivity contribution is 7.89. The molecule has 0 aliphatic heterocycles. The summed E-state index contributed by atoms with van der Waals surface area (Å²) in [5.41, 5.74) is 1.15. The van der Waals surface area contributed by atoms with Gasteiger partial charge < -0.3 is 4.74 Å². The largest absolute Gasteiger partial charge is 0.454 e. The molecule has 2 aromatic rings. The number of sulfonamides is 1. The predicted octanol–water partition coefficient (Wildman–Crippen LogP) is 2.25. The van der Waals surface area contributed by atoms with Crippen LogP contribution in [0.4, 0.5) is 0 Å². The molecule has 0 aromatic heterocycles.